The van der Waals surface area contributed by atoms with E-state index in [9.17, 15) is 9.59 Å². The number of carbonyl (C=O) groups excluding carboxylic acids is 2. The zero-order valence-corrected chi connectivity index (χ0v) is 18.6. The fourth-order valence-electron chi connectivity index (χ4n) is 3.06. The highest BCUT2D eigenvalue weighted by Crippen LogP contribution is 2.21. The zero-order chi connectivity index (χ0) is 22.9. The highest BCUT2D eigenvalue weighted by atomic mass is 16.5. The fraction of sp³-hybridized carbons (Fsp3) is 0.231. The maximum absolute atomic E-state index is 12.4. The van der Waals surface area contributed by atoms with Gasteiger partial charge in [0.2, 0.25) is 0 Å². The van der Waals surface area contributed by atoms with Crippen LogP contribution in [0.3, 0.4) is 0 Å². The number of methoxy groups -OCH3 is 1. The van der Waals surface area contributed by atoms with Crippen LogP contribution in [0, 0.1) is 5.92 Å². The monoisotopic (exact) mass is 431 g/mol. The SMILES string of the molecule is COc1ccc(C(=O)Nc2ccc(Nc3cccc(C(=O)NCCC(C)C)c3)cc2)cc1. The first-order valence-corrected chi connectivity index (χ1v) is 10.7. The third-order valence-corrected chi connectivity index (χ3v) is 4.92. The molecule has 0 spiro atoms. The van der Waals surface area contributed by atoms with Gasteiger partial charge >= 0.3 is 0 Å². The van der Waals surface area contributed by atoms with Crippen molar-refractivity contribution in [3.8, 4) is 5.75 Å². The second-order valence-electron chi connectivity index (χ2n) is 7.90. The van der Waals surface area contributed by atoms with Crippen LogP contribution in [0.15, 0.2) is 72.8 Å². The van der Waals surface area contributed by atoms with Crippen molar-refractivity contribution in [2.45, 2.75) is 20.3 Å². The predicted octanol–water partition coefficient (Wildman–Crippen LogP) is 5.47. The summed E-state index contributed by atoms with van der Waals surface area (Å²) in [5.74, 6) is 0.983. The van der Waals surface area contributed by atoms with Gasteiger partial charge in [-0.15, -0.1) is 0 Å². The molecule has 6 nitrogen and oxygen atoms in total. The molecule has 3 aromatic rings. The maximum atomic E-state index is 12.4. The Morgan fingerprint density at radius 1 is 0.812 bits per heavy atom. The molecule has 2 amide bonds. The summed E-state index contributed by atoms with van der Waals surface area (Å²) in [7, 11) is 1.59. The van der Waals surface area contributed by atoms with Crippen molar-refractivity contribution in [1.29, 1.82) is 0 Å². The third-order valence-electron chi connectivity index (χ3n) is 4.92. The summed E-state index contributed by atoms with van der Waals surface area (Å²) in [4.78, 5) is 24.7. The van der Waals surface area contributed by atoms with Crippen molar-refractivity contribution in [3.05, 3.63) is 83.9 Å². The van der Waals surface area contributed by atoms with Gasteiger partial charge in [-0.05, 0) is 79.1 Å². The molecule has 0 bridgehead atoms. The zero-order valence-electron chi connectivity index (χ0n) is 18.6. The summed E-state index contributed by atoms with van der Waals surface area (Å²) in [6.07, 6.45) is 0.949. The minimum atomic E-state index is -0.190. The Balaban J connectivity index is 1.58. The number of carbonyl (C=O) groups is 2. The largest absolute Gasteiger partial charge is 0.497 e. The first kappa shape index (κ1) is 22.9. The lowest BCUT2D eigenvalue weighted by atomic mass is 10.1. The lowest BCUT2D eigenvalue weighted by Crippen LogP contribution is -2.25. The Kier molecular flexibility index (Phi) is 7.86. The molecule has 3 aromatic carbocycles. The molecule has 0 saturated carbocycles. The topological polar surface area (TPSA) is 79.5 Å². The van der Waals surface area contributed by atoms with Crippen molar-refractivity contribution in [2.24, 2.45) is 5.92 Å². The predicted molar refractivity (Wildman–Crippen MR) is 129 cm³/mol. The van der Waals surface area contributed by atoms with Crippen LogP contribution in [0.1, 0.15) is 41.0 Å². The van der Waals surface area contributed by atoms with Crippen molar-refractivity contribution >= 4 is 28.9 Å². The summed E-state index contributed by atoms with van der Waals surface area (Å²) in [5.41, 5.74) is 3.52. The highest BCUT2D eigenvalue weighted by Gasteiger charge is 2.08. The van der Waals surface area contributed by atoms with E-state index in [0.29, 0.717) is 35.0 Å². The molecule has 3 rings (SSSR count). The molecule has 3 N–H and O–H groups in total. The average Bonchev–Trinajstić information content (AvgIpc) is 2.80. The van der Waals surface area contributed by atoms with Crippen LogP contribution in [-0.2, 0) is 0 Å². The maximum Gasteiger partial charge on any atom is 0.255 e. The molecule has 0 radical (unpaired) electrons. The van der Waals surface area contributed by atoms with Gasteiger partial charge in [0.25, 0.3) is 11.8 Å². The van der Waals surface area contributed by atoms with Crippen LogP contribution in [-0.4, -0.2) is 25.5 Å². The Labute approximate surface area is 189 Å². The van der Waals surface area contributed by atoms with Gasteiger partial charge in [-0.2, -0.15) is 0 Å². The molecule has 0 atom stereocenters. The van der Waals surface area contributed by atoms with E-state index >= 15 is 0 Å². The summed E-state index contributed by atoms with van der Waals surface area (Å²) in [6.45, 7) is 4.93. The Hall–Kier alpha value is -3.80. The lowest BCUT2D eigenvalue weighted by molar-refractivity contribution is 0.0951. The van der Waals surface area contributed by atoms with Gasteiger partial charge in [0.05, 0.1) is 7.11 Å². The Bertz CT molecular complexity index is 1040. The lowest BCUT2D eigenvalue weighted by Gasteiger charge is -2.11. The van der Waals surface area contributed by atoms with E-state index in [1.165, 1.54) is 0 Å². The van der Waals surface area contributed by atoms with E-state index in [2.05, 4.69) is 29.8 Å². The Morgan fingerprint density at radius 2 is 1.50 bits per heavy atom. The molecular formula is C26H29N3O3. The molecule has 0 saturated heterocycles. The molecule has 0 unspecified atom stereocenters. The normalized spacial score (nSPS) is 10.5. The van der Waals surface area contributed by atoms with Gasteiger partial charge in [0, 0.05) is 34.7 Å². The number of anilines is 3. The number of amides is 2. The molecule has 166 valence electrons. The van der Waals surface area contributed by atoms with E-state index < -0.39 is 0 Å². The molecule has 0 aliphatic carbocycles. The Morgan fingerprint density at radius 3 is 2.16 bits per heavy atom. The first-order valence-electron chi connectivity index (χ1n) is 10.7. The van der Waals surface area contributed by atoms with Gasteiger partial charge in [-0.1, -0.05) is 19.9 Å². The van der Waals surface area contributed by atoms with E-state index in [1.807, 2.05) is 42.5 Å². The number of nitrogens with one attached hydrogen (secondary N) is 3. The molecule has 0 aromatic heterocycles. The van der Waals surface area contributed by atoms with E-state index in [1.54, 1.807) is 37.4 Å². The standard InChI is InChI=1S/C26H29N3O3/c1-18(2)15-16-27-25(30)20-5-4-6-23(17-20)28-21-9-11-22(12-10-21)29-26(31)19-7-13-24(32-3)14-8-19/h4-14,17-18,28H,15-16H2,1-3H3,(H,27,30)(H,29,31). The number of hydrogen-bond acceptors (Lipinski definition) is 4. The van der Waals surface area contributed by atoms with E-state index in [-0.39, 0.29) is 11.8 Å². The second kappa shape index (κ2) is 11.0. The molecule has 6 heteroatoms. The van der Waals surface area contributed by atoms with Gasteiger partial charge in [-0.3, -0.25) is 9.59 Å². The van der Waals surface area contributed by atoms with Gasteiger partial charge in [-0.25, -0.2) is 0 Å². The summed E-state index contributed by atoms with van der Waals surface area (Å²) in [6, 6.07) is 21.7. The van der Waals surface area contributed by atoms with E-state index in [0.717, 1.165) is 17.8 Å². The van der Waals surface area contributed by atoms with Gasteiger partial charge < -0.3 is 20.7 Å². The van der Waals surface area contributed by atoms with E-state index in [4.69, 9.17) is 4.74 Å². The summed E-state index contributed by atoms with van der Waals surface area (Å²) in [5, 5.41) is 9.12. The number of benzene rings is 3. The van der Waals surface area contributed by atoms with Crippen molar-refractivity contribution in [1.82, 2.24) is 5.32 Å². The first-order chi connectivity index (χ1) is 15.4. The third kappa shape index (κ3) is 6.60. The number of ether oxygens (including phenoxy) is 1. The van der Waals surface area contributed by atoms with Crippen molar-refractivity contribution in [3.63, 3.8) is 0 Å². The minimum Gasteiger partial charge on any atom is -0.497 e. The van der Waals surface area contributed by atoms with Crippen LogP contribution >= 0.6 is 0 Å². The smallest absolute Gasteiger partial charge is 0.255 e. The molecule has 32 heavy (non-hydrogen) atoms. The van der Waals surface area contributed by atoms with Gasteiger partial charge in [0.1, 0.15) is 5.75 Å². The van der Waals surface area contributed by atoms with Crippen molar-refractivity contribution in [2.75, 3.05) is 24.3 Å². The molecule has 0 heterocycles. The molecule has 0 aliphatic heterocycles. The van der Waals surface area contributed by atoms with Crippen LogP contribution in [0.5, 0.6) is 5.75 Å². The number of hydrogen-bond donors (Lipinski definition) is 3. The minimum absolute atomic E-state index is 0.0779. The van der Waals surface area contributed by atoms with Gasteiger partial charge in [0.15, 0.2) is 0 Å². The molecule has 0 aliphatic rings. The molecular weight excluding hydrogens is 402 g/mol. The quantitative estimate of drug-likeness (QED) is 0.420. The number of rotatable bonds is 9. The highest BCUT2D eigenvalue weighted by molar-refractivity contribution is 6.04. The average molecular weight is 432 g/mol. The van der Waals surface area contributed by atoms with Crippen LogP contribution in [0.2, 0.25) is 0 Å². The summed E-state index contributed by atoms with van der Waals surface area (Å²) < 4.78 is 5.11. The van der Waals surface area contributed by atoms with Crippen molar-refractivity contribution < 1.29 is 14.3 Å². The summed E-state index contributed by atoms with van der Waals surface area (Å²) >= 11 is 0. The molecule has 0 fully saturated rings. The van der Waals surface area contributed by atoms with Crippen LogP contribution < -0.4 is 20.7 Å². The fourth-order valence-corrected chi connectivity index (χ4v) is 3.06. The van der Waals surface area contributed by atoms with Crippen LogP contribution in [0.25, 0.3) is 0 Å². The van der Waals surface area contributed by atoms with Crippen LogP contribution in [0.4, 0.5) is 17.1 Å². The second-order valence-corrected chi connectivity index (χ2v) is 7.90.